The van der Waals surface area contributed by atoms with Crippen molar-refractivity contribution in [2.24, 2.45) is 0 Å². The summed E-state index contributed by atoms with van der Waals surface area (Å²) in [6.07, 6.45) is -7.12. The summed E-state index contributed by atoms with van der Waals surface area (Å²) in [7, 11) is 0. The fourth-order valence-corrected chi connectivity index (χ4v) is 2.25. The third kappa shape index (κ3) is 4.10. The normalized spacial score (nSPS) is 35.9. The topological polar surface area (TPSA) is 157 Å². The van der Waals surface area contributed by atoms with Crippen molar-refractivity contribution in [2.75, 3.05) is 6.61 Å². The van der Waals surface area contributed by atoms with Crippen LogP contribution in [0.1, 0.15) is 13.3 Å². The predicted octanol–water partition coefficient (Wildman–Crippen LogP) is -3.19. The first-order valence-electron chi connectivity index (χ1n) is 6.14. The highest BCUT2D eigenvalue weighted by Crippen LogP contribution is 2.31. The molecule has 0 bridgehead atoms. The number of nitrogens with one attached hydrogen (secondary N) is 1. The average molecular weight is 328 g/mol. The third-order valence-electron chi connectivity index (χ3n) is 3.18. The van der Waals surface area contributed by atoms with Gasteiger partial charge in [0, 0.05) is 13.3 Å². The van der Waals surface area contributed by atoms with E-state index >= 15 is 0 Å². The van der Waals surface area contributed by atoms with Crippen molar-refractivity contribution in [3.05, 3.63) is 0 Å². The zero-order chi connectivity index (χ0) is 16.4. The van der Waals surface area contributed by atoms with Gasteiger partial charge in [-0.15, -0.1) is 0 Å². The zero-order valence-electron chi connectivity index (χ0n) is 11.1. The lowest BCUT2D eigenvalue weighted by molar-refractivity contribution is -0.282. The van der Waals surface area contributed by atoms with Crippen LogP contribution in [0.4, 0.5) is 0 Å². The number of amides is 1. The second-order valence-corrected chi connectivity index (χ2v) is 5.22. The summed E-state index contributed by atoms with van der Waals surface area (Å²) >= 11 is 5.19. The van der Waals surface area contributed by atoms with Crippen LogP contribution in [-0.4, -0.2) is 79.5 Å². The van der Waals surface area contributed by atoms with Gasteiger partial charge in [0.05, 0.1) is 18.8 Å². The fourth-order valence-electron chi connectivity index (χ4n) is 2.12. The Balaban J connectivity index is 3.07. The van der Waals surface area contributed by atoms with Gasteiger partial charge in [-0.05, 0) is 11.6 Å². The van der Waals surface area contributed by atoms with Crippen LogP contribution in [0.3, 0.4) is 0 Å². The smallest absolute Gasteiger partial charge is 0.281 e. The monoisotopic (exact) mass is 327 g/mol. The van der Waals surface area contributed by atoms with Gasteiger partial charge in [-0.2, -0.15) is 0 Å². The highest BCUT2D eigenvalue weighted by Gasteiger charge is 2.53. The van der Waals surface area contributed by atoms with Crippen LogP contribution in [0.2, 0.25) is 0 Å². The Morgan fingerprint density at radius 1 is 1.48 bits per heavy atom. The van der Waals surface area contributed by atoms with E-state index in [1.54, 1.807) is 0 Å². The van der Waals surface area contributed by atoms with Crippen LogP contribution in [-0.2, 0) is 14.3 Å². The van der Waals surface area contributed by atoms with Gasteiger partial charge >= 0.3 is 0 Å². The number of carbonyl (C=O) groups is 2. The third-order valence-corrected chi connectivity index (χ3v) is 3.48. The maximum Gasteiger partial charge on any atom is 0.281 e. The second-order valence-electron chi connectivity index (χ2n) is 4.88. The zero-order valence-corrected chi connectivity index (χ0v) is 11.9. The van der Waals surface area contributed by atoms with Crippen molar-refractivity contribution in [1.82, 2.24) is 5.32 Å². The van der Waals surface area contributed by atoms with Crippen molar-refractivity contribution in [3.8, 4) is 0 Å². The van der Waals surface area contributed by atoms with Crippen LogP contribution in [0.15, 0.2) is 0 Å². The molecule has 1 amide bonds. The molecule has 1 fully saturated rings. The molecule has 1 aliphatic heterocycles. The van der Waals surface area contributed by atoms with Crippen molar-refractivity contribution in [1.29, 1.82) is 0 Å². The van der Waals surface area contributed by atoms with Crippen molar-refractivity contribution >= 4 is 22.8 Å². The molecule has 21 heavy (non-hydrogen) atoms. The molecule has 1 unspecified atom stereocenters. The van der Waals surface area contributed by atoms with Crippen LogP contribution >= 0.6 is 11.6 Å². The van der Waals surface area contributed by atoms with E-state index in [9.17, 15) is 30.0 Å². The summed E-state index contributed by atoms with van der Waals surface area (Å²) in [4.78, 5) is 22.3. The van der Waals surface area contributed by atoms with E-state index in [2.05, 4.69) is 5.32 Å². The highest BCUT2D eigenvalue weighted by atomic mass is 35.5. The largest absolute Gasteiger partial charge is 0.394 e. The molecule has 1 rings (SSSR count). The van der Waals surface area contributed by atoms with Gasteiger partial charge in [0.1, 0.15) is 18.3 Å². The number of halogens is 1. The highest BCUT2D eigenvalue weighted by molar-refractivity contribution is 6.65. The Hall–Kier alpha value is -0.810. The van der Waals surface area contributed by atoms with E-state index in [-0.39, 0.29) is 0 Å². The number of ether oxygens (including phenoxy) is 1. The Kier molecular flexibility index (Phi) is 6.05. The first kappa shape index (κ1) is 18.2. The van der Waals surface area contributed by atoms with Crippen LogP contribution in [0.25, 0.3) is 0 Å². The number of rotatable bonds is 5. The van der Waals surface area contributed by atoms with E-state index in [1.165, 1.54) is 0 Å². The molecule has 1 aliphatic rings. The summed E-state index contributed by atoms with van der Waals surface area (Å²) in [5, 5.41) is 49.0. The number of carbonyl (C=O) groups excluding carboxylic acids is 2. The summed E-state index contributed by atoms with van der Waals surface area (Å²) < 4.78 is 4.98. The van der Waals surface area contributed by atoms with Crippen molar-refractivity contribution < 1.29 is 39.9 Å². The Morgan fingerprint density at radius 3 is 2.48 bits per heavy atom. The van der Waals surface area contributed by atoms with E-state index in [0.717, 1.165) is 6.92 Å². The van der Waals surface area contributed by atoms with E-state index in [1.807, 2.05) is 0 Å². The van der Waals surface area contributed by atoms with Crippen molar-refractivity contribution in [2.45, 2.75) is 49.6 Å². The van der Waals surface area contributed by atoms with Gasteiger partial charge in [0.15, 0.2) is 0 Å². The minimum Gasteiger partial charge on any atom is -0.394 e. The lowest BCUT2D eigenvalue weighted by Gasteiger charge is -2.44. The summed E-state index contributed by atoms with van der Waals surface area (Å²) in [5.41, 5.74) is 0. The van der Waals surface area contributed by atoms with Crippen LogP contribution in [0.5, 0.6) is 0 Å². The number of hydrogen-bond acceptors (Lipinski definition) is 8. The van der Waals surface area contributed by atoms with Gasteiger partial charge in [0.2, 0.25) is 11.7 Å². The van der Waals surface area contributed by atoms with Crippen LogP contribution in [0, 0.1) is 0 Å². The average Bonchev–Trinajstić information content (AvgIpc) is 2.39. The summed E-state index contributed by atoms with van der Waals surface area (Å²) in [5.74, 6) is -3.14. The molecule has 0 aromatic rings. The van der Waals surface area contributed by atoms with Gasteiger partial charge in [-0.3, -0.25) is 9.59 Å². The molecule has 9 nitrogen and oxygen atoms in total. The number of aliphatic hydroxyl groups is 5. The number of aliphatic hydroxyl groups excluding tert-OH is 4. The lowest BCUT2D eigenvalue weighted by Crippen LogP contribution is -2.66. The molecule has 0 spiro atoms. The minimum absolute atomic E-state index is 0.569. The molecule has 6 N–H and O–H groups in total. The lowest BCUT2D eigenvalue weighted by atomic mass is 9.89. The molecule has 0 aliphatic carbocycles. The molecule has 0 radical (unpaired) electrons. The molecule has 1 heterocycles. The van der Waals surface area contributed by atoms with Gasteiger partial charge in [0.25, 0.3) is 5.24 Å². The number of hydrogen-bond donors (Lipinski definition) is 6. The SMILES string of the molecule is CC(=O)N[C@H]1[C@H]([C@H](O)[C@H](O)CO)OC(O)(C(=O)Cl)C[C@@H]1O. The maximum atomic E-state index is 11.2. The molecule has 10 heteroatoms. The molecule has 6 atom stereocenters. The molecule has 0 aromatic carbocycles. The van der Waals surface area contributed by atoms with Gasteiger partial charge in [-0.25, -0.2) is 0 Å². The maximum absolute atomic E-state index is 11.2. The van der Waals surface area contributed by atoms with Crippen LogP contribution < -0.4 is 5.32 Å². The standard InChI is InChI=1S/C11H18ClNO8/c1-4(15)13-7-5(16)2-11(20,10(12)19)21-9(7)8(18)6(17)3-14/h5-9,14,16-18,20H,2-3H2,1H3,(H,13,15)/t5-,6+,7+,8+,9+,11?/m0/s1. The predicted molar refractivity (Wildman–Crippen MR) is 68.0 cm³/mol. The van der Waals surface area contributed by atoms with Gasteiger partial charge in [-0.1, -0.05) is 0 Å². The first-order valence-corrected chi connectivity index (χ1v) is 6.52. The minimum atomic E-state index is -2.57. The summed E-state index contributed by atoms with van der Waals surface area (Å²) in [6.45, 7) is 0.309. The molecule has 1 saturated heterocycles. The quantitative estimate of drug-likeness (QED) is 0.288. The van der Waals surface area contributed by atoms with E-state index in [4.69, 9.17) is 21.4 Å². The second kappa shape index (κ2) is 6.97. The Morgan fingerprint density at radius 2 is 2.05 bits per heavy atom. The van der Waals surface area contributed by atoms with Gasteiger partial charge < -0.3 is 35.6 Å². The molecule has 122 valence electrons. The van der Waals surface area contributed by atoms with E-state index in [0.29, 0.717) is 0 Å². The molecular formula is C11H18ClNO8. The molecule has 0 saturated carbocycles. The molecular weight excluding hydrogens is 310 g/mol. The molecule has 0 aromatic heterocycles. The van der Waals surface area contributed by atoms with E-state index < -0.39 is 60.4 Å². The summed E-state index contributed by atoms with van der Waals surface area (Å²) in [6, 6.07) is -1.21. The first-order chi connectivity index (χ1) is 9.62. The van der Waals surface area contributed by atoms with Crippen molar-refractivity contribution in [3.63, 3.8) is 0 Å². The fraction of sp³-hybridized carbons (Fsp3) is 0.818. The Bertz CT molecular complexity index is 408. The Labute approximate surface area is 125 Å².